The second-order valence-corrected chi connectivity index (χ2v) is 12.0. The van der Waals surface area contributed by atoms with E-state index in [4.69, 9.17) is 14.2 Å². The number of piperidine rings is 2. The lowest BCUT2D eigenvalue weighted by Gasteiger charge is -2.54. The van der Waals surface area contributed by atoms with Gasteiger partial charge in [-0.2, -0.15) is 0 Å². The van der Waals surface area contributed by atoms with Crippen molar-refractivity contribution in [1.82, 2.24) is 8.87 Å². The van der Waals surface area contributed by atoms with Crippen molar-refractivity contribution in [3.05, 3.63) is 66.4 Å². The molecule has 0 unspecified atom stereocenters. The highest BCUT2D eigenvalue weighted by Crippen LogP contribution is 2.50. The highest BCUT2D eigenvalue weighted by molar-refractivity contribution is 7.90. The van der Waals surface area contributed by atoms with Crippen molar-refractivity contribution in [1.29, 1.82) is 0 Å². The van der Waals surface area contributed by atoms with Crippen LogP contribution in [0.3, 0.4) is 0 Å². The Balaban J connectivity index is 1.54. The summed E-state index contributed by atoms with van der Waals surface area (Å²) in [4.78, 5) is 29.1. The second-order valence-electron chi connectivity index (χ2n) is 10.2. The minimum Gasteiger partial charge on any atom is -0.468 e. The van der Waals surface area contributed by atoms with E-state index in [1.54, 1.807) is 48.5 Å². The van der Waals surface area contributed by atoms with Gasteiger partial charge in [-0.05, 0) is 30.7 Å². The quantitative estimate of drug-likeness (QED) is 0.423. The second kappa shape index (κ2) is 9.60. The fraction of sp³-hybridized carbons (Fsp3) is 0.429. The summed E-state index contributed by atoms with van der Waals surface area (Å²) in [6, 6.07) is 16.6. The molecule has 3 aromatic rings. The number of fused-ring (bicyclic) bond motifs is 4. The third kappa shape index (κ3) is 3.89. The zero-order valence-corrected chi connectivity index (χ0v) is 21.9. The molecule has 0 spiro atoms. The van der Waals surface area contributed by atoms with Crippen LogP contribution < -0.4 is 0 Å². The lowest BCUT2D eigenvalue weighted by Crippen LogP contribution is -2.67. The number of ether oxygens (including phenoxy) is 3. The largest absolute Gasteiger partial charge is 0.468 e. The molecule has 3 atom stereocenters. The zero-order chi connectivity index (χ0) is 26.5. The van der Waals surface area contributed by atoms with E-state index >= 15 is 0 Å². The van der Waals surface area contributed by atoms with Crippen molar-refractivity contribution in [3.63, 3.8) is 0 Å². The molecule has 4 aliphatic rings. The fourth-order valence-electron chi connectivity index (χ4n) is 6.46. The molecule has 1 saturated carbocycles. The van der Waals surface area contributed by atoms with Crippen LogP contribution in [0.15, 0.2) is 65.6 Å². The van der Waals surface area contributed by atoms with Crippen molar-refractivity contribution < 1.29 is 32.2 Å². The lowest BCUT2D eigenvalue weighted by molar-refractivity contribution is -0.162. The Hall–Kier alpha value is -3.05. The zero-order valence-electron chi connectivity index (χ0n) is 21.1. The Bertz CT molecular complexity index is 1480. The van der Waals surface area contributed by atoms with Crippen molar-refractivity contribution in [3.8, 4) is 0 Å². The third-order valence-corrected chi connectivity index (χ3v) is 9.92. The number of esters is 1. The van der Waals surface area contributed by atoms with Crippen LogP contribution in [0.4, 0.5) is 0 Å². The summed E-state index contributed by atoms with van der Waals surface area (Å²) in [5.74, 6) is -0.867. The third-order valence-electron chi connectivity index (χ3n) is 8.18. The number of aromatic nitrogens is 1. The van der Waals surface area contributed by atoms with Gasteiger partial charge in [-0.3, -0.25) is 14.5 Å². The van der Waals surface area contributed by atoms with Crippen LogP contribution in [0, 0.1) is 5.92 Å². The molecule has 4 fully saturated rings. The molecule has 3 saturated heterocycles. The molecule has 1 aliphatic carbocycles. The maximum absolute atomic E-state index is 14.2. The van der Waals surface area contributed by atoms with Crippen molar-refractivity contribution >= 4 is 32.7 Å². The molecule has 2 aromatic carbocycles. The van der Waals surface area contributed by atoms with Crippen LogP contribution in [0.5, 0.6) is 0 Å². The molecular formula is C28H30N2O7S. The van der Waals surface area contributed by atoms with Crippen LogP contribution in [-0.4, -0.2) is 74.8 Å². The van der Waals surface area contributed by atoms with Crippen LogP contribution in [-0.2, 0) is 39.2 Å². The van der Waals surface area contributed by atoms with E-state index in [2.05, 4.69) is 4.90 Å². The van der Waals surface area contributed by atoms with E-state index in [1.807, 2.05) is 12.1 Å². The number of rotatable bonds is 7. The van der Waals surface area contributed by atoms with Gasteiger partial charge in [0.15, 0.2) is 6.29 Å². The summed E-state index contributed by atoms with van der Waals surface area (Å²) >= 11 is 0. The normalized spacial score (nSPS) is 26.3. The van der Waals surface area contributed by atoms with Gasteiger partial charge >= 0.3 is 5.97 Å². The van der Waals surface area contributed by atoms with Gasteiger partial charge < -0.3 is 14.2 Å². The van der Waals surface area contributed by atoms with Gasteiger partial charge in [0.05, 0.1) is 36.4 Å². The molecule has 38 heavy (non-hydrogen) atoms. The van der Waals surface area contributed by atoms with Gasteiger partial charge in [0.25, 0.3) is 10.0 Å². The van der Waals surface area contributed by atoms with E-state index in [0.29, 0.717) is 49.3 Å². The van der Waals surface area contributed by atoms with E-state index in [0.717, 1.165) is 0 Å². The first kappa shape index (κ1) is 25.2. The van der Waals surface area contributed by atoms with Gasteiger partial charge in [-0.25, -0.2) is 12.4 Å². The maximum Gasteiger partial charge on any atom is 0.319 e. The number of benzene rings is 2. The first-order valence-corrected chi connectivity index (χ1v) is 14.3. The van der Waals surface area contributed by atoms with Gasteiger partial charge in [-0.1, -0.05) is 36.4 Å². The Labute approximate surface area is 221 Å². The highest BCUT2D eigenvalue weighted by Gasteiger charge is 2.62. The van der Waals surface area contributed by atoms with Gasteiger partial charge in [0.1, 0.15) is 11.2 Å². The molecule has 200 valence electrons. The molecule has 9 nitrogen and oxygen atoms in total. The molecule has 4 heterocycles. The average molecular weight is 539 g/mol. The molecule has 0 radical (unpaired) electrons. The first-order chi connectivity index (χ1) is 18.4. The SMILES string of the molecule is COC(=O)[C@]1(c2cc3ccccc3n2S(=O)(=O)c2ccccc2)C[C@H]2CN(CCC3OCCO3)[C@@H]1CC2=O. The number of carbonyl (C=O) groups excluding carboxylic acids is 2. The van der Waals surface area contributed by atoms with Crippen LogP contribution in [0.1, 0.15) is 25.0 Å². The van der Waals surface area contributed by atoms with Crippen LogP contribution in [0.2, 0.25) is 0 Å². The Kier molecular flexibility index (Phi) is 6.38. The van der Waals surface area contributed by atoms with Gasteiger partial charge in [-0.15, -0.1) is 0 Å². The van der Waals surface area contributed by atoms with Crippen LogP contribution >= 0.6 is 0 Å². The number of Topliss-reactive ketones (excluding diaryl/α,β-unsaturated/α-hetero) is 1. The number of carbonyl (C=O) groups is 2. The summed E-state index contributed by atoms with van der Waals surface area (Å²) in [5, 5.41) is 0.692. The molecule has 2 bridgehead atoms. The van der Waals surface area contributed by atoms with E-state index in [1.165, 1.54) is 11.1 Å². The smallest absolute Gasteiger partial charge is 0.319 e. The molecule has 0 amide bonds. The van der Waals surface area contributed by atoms with Crippen LogP contribution in [0.25, 0.3) is 10.9 Å². The number of hydrogen-bond donors (Lipinski definition) is 0. The van der Waals surface area contributed by atoms with E-state index in [9.17, 15) is 18.0 Å². The number of ketones is 1. The first-order valence-electron chi connectivity index (χ1n) is 12.9. The topological polar surface area (TPSA) is 104 Å². The number of hydrogen-bond acceptors (Lipinski definition) is 8. The minimum absolute atomic E-state index is 0.0905. The summed E-state index contributed by atoms with van der Waals surface area (Å²) in [7, 11) is -2.77. The Morgan fingerprint density at radius 2 is 1.79 bits per heavy atom. The monoisotopic (exact) mass is 538 g/mol. The summed E-state index contributed by atoms with van der Waals surface area (Å²) in [6.07, 6.45) is 0.582. The maximum atomic E-state index is 14.2. The standard InChI is InChI=1S/C28H30N2O7S/c1-35-27(32)28(17-20-18-29(24(28)16-23(20)31)12-11-26-36-13-14-37-26)25-15-19-7-5-6-10-22(19)30(25)38(33,34)21-8-3-2-4-9-21/h2-10,15,20,24,26H,11-14,16-18H2,1H3/t20-,24+,28+/m0/s1. The minimum atomic E-state index is -4.09. The molecular weight excluding hydrogens is 508 g/mol. The predicted molar refractivity (Wildman–Crippen MR) is 138 cm³/mol. The summed E-state index contributed by atoms with van der Waals surface area (Å²) < 4.78 is 46.3. The van der Waals surface area contributed by atoms with Crippen molar-refractivity contribution in [2.24, 2.45) is 5.92 Å². The molecule has 1 aromatic heterocycles. The Morgan fingerprint density at radius 1 is 1.08 bits per heavy atom. The number of methoxy groups -OCH3 is 1. The van der Waals surface area contributed by atoms with Gasteiger partial charge in [0.2, 0.25) is 0 Å². The lowest BCUT2D eigenvalue weighted by atomic mass is 9.60. The van der Waals surface area contributed by atoms with E-state index in [-0.39, 0.29) is 29.8 Å². The Morgan fingerprint density at radius 3 is 2.50 bits per heavy atom. The molecule has 10 heteroatoms. The molecule has 0 N–H and O–H groups in total. The van der Waals surface area contributed by atoms with Crippen molar-refractivity contribution in [2.45, 2.75) is 41.9 Å². The number of para-hydroxylation sites is 1. The summed E-state index contributed by atoms with van der Waals surface area (Å²) in [6.45, 7) is 2.13. The highest BCUT2D eigenvalue weighted by atomic mass is 32.2. The average Bonchev–Trinajstić information content (AvgIpc) is 3.61. The molecule has 3 aliphatic heterocycles. The number of nitrogens with zero attached hydrogens (tertiary/aromatic N) is 2. The fourth-order valence-corrected chi connectivity index (χ4v) is 8.07. The van der Waals surface area contributed by atoms with Gasteiger partial charge in [0, 0.05) is 43.3 Å². The summed E-state index contributed by atoms with van der Waals surface area (Å²) in [5.41, 5.74) is -0.555. The predicted octanol–water partition coefficient (Wildman–Crippen LogP) is 2.72. The van der Waals surface area contributed by atoms with Crippen molar-refractivity contribution in [2.75, 3.05) is 33.4 Å². The molecule has 7 rings (SSSR count). The van der Waals surface area contributed by atoms with E-state index < -0.39 is 33.4 Å².